The number of pyridine rings is 1. The summed E-state index contributed by atoms with van der Waals surface area (Å²) in [5.74, 6) is -1.46. The molecule has 5 atom stereocenters. The second-order valence-electron chi connectivity index (χ2n) is 8.37. The fraction of sp³-hybridized carbons (Fsp3) is 0.600. The van der Waals surface area contributed by atoms with E-state index in [-0.39, 0.29) is 11.8 Å². The summed E-state index contributed by atoms with van der Waals surface area (Å²) >= 11 is 0. The summed E-state index contributed by atoms with van der Waals surface area (Å²) in [4.78, 5) is 36.1. The van der Waals surface area contributed by atoms with Crippen LogP contribution in [0.1, 0.15) is 19.4 Å². The van der Waals surface area contributed by atoms with Gasteiger partial charge < -0.3 is 35.8 Å². The quantitative estimate of drug-likeness (QED) is 0.294. The van der Waals surface area contributed by atoms with E-state index in [1.807, 2.05) is 32.9 Å². The van der Waals surface area contributed by atoms with Gasteiger partial charge in [0.25, 0.3) is 0 Å². The van der Waals surface area contributed by atoms with E-state index in [1.54, 1.807) is 6.20 Å². The van der Waals surface area contributed by atoms with Crippen molar-refractivity contribution >= 4 is 17.8 Å². The number of carboxylic acid groups (broad SMARTS) is 2. The zero-order chi connectivity index (χ0) is 23.3. The molecule has 1 aliphatic carbocycles. The zero-order valence-corrected chi connectivity index (χ0v) is 17.6. The standard InChI is InChI=1S/C16H23N3O2.C4H6O6/c1-10-5-4-6-18-15(10)21-9-16(2,3)19-14(20)13-11-7-17-8-12(11)13;5-1(3(7)8)2(6)4(9)10/h4-6,11-13,17H,7-9H2,1-3H3,(H,19,20);1-2,5-6H,(H,7,8)(H,9,10)/t11-,12+,13?;. The molecule has 2 aliphatic rings. The summed E-state index contributed by atoms with van der Waals surface area (Å²) in [7, 11) is 0. The zero-order valence-electron chi connectivity index (χ0n) is 17.6. The van der Waals surface area contributed by atoms with Gasteiger partial charge in [0.05, 0.1) is 5.54 Å². The largest absolute Gasteiger partial charge is 0.479 e. The van der Waals surface area contributed by atoms with Gasteiger partial charge in [0.15, 0.2) is 12.2 Å². The third kappa shape index (κ3) is 6.61. The number of carboxylic acids is 2. The van der Waals surface area contributed by atoms with Crippen LogP contribution >= 0.6 is 0 Å². The third-order valence-electron chi connectivity index (χ3n) is 5.19. The maximum atomic E-state index is 12.3. The summed E-state index contributed by atoms with van der Waals surface area (Å²) in [5, 5.41) is 39.0. The van der Waals surface area contributed by atoms with Gasteiger partial charge >= 0.3 is 11.9 Å². The molecule has 1 saturated heterocycles. The first kappa shape index (κ1) is 24.5. The van der Waals surface area contributed by atoms with Crippen LogP contribution in [0.2, 0.25) is 0 Å². The van der Waals surface area contributed by atoms with E-state index in [9.17, 15) is 14.4 Å². The second kappa shape index (κ2) is 10.0. The molecule has 1 amide bonds. The van der Waals surface area contributed by atoms with Crippen molar-refractivity contribution in [3.8, 4) is 5.88 Å². The Kier molecular flexibility index (Phi) is 7.93. The topological polar surface area (TPSA) is 178 Å². The number of carbonyl (C=O) groups excluding carboxylic acids is 1. The van der Waals surface area contributed by atoms with Crippen molar-refractivity contribution in [1.82, 2.24) is 15.6 Å². The number of hydrogen-bond donors (Lipinski definition) is 6. The molecule has 11 heteroatoms. The van der Waals surface area contributed by atoms with E-state index >= 15 is 0 Å². The molecule has 0 spiro atoms. The lowest BCUT2D eigenvalue weighted by molar-refractivity contribution is -0.165. The minimum atomic E-state index is -2.27. The van der Waals surface area contributed by atoms with Gasteiger partial charge in [-0.25, -0.2) is 14.6 Å². The number of hydrogen-bond acceptors (Lipinski definition) is 8. The van der Waals surface area contributed by atoms with E-state index in [4.69, 9.17) is 25.2 Å². The van der Waals surface area contributed by atoms with Crippen LogP contribution in [-0.2, 0) is 14.4 Å². The SMILES string of the molecule is Cc1cccnc1OCC(C)(C)NC(=O)C1[C@H]2CNC[C@@H]12.O=C(O)C(O)C(O)C(=O)O. The molecule has 1 aromatic rings. The van der Waals surface area contributed by atoms with Crippen molar-refractivity contribution in [1.29, 1.82) is 0 Å². The predicted molar refractivity (Wildman–Crippen MR) is 107 cm³/mol. The minimum Gasteiger partial charge on any atom is -0.479 e. The average molecular weight is 439 g/mol. The fourth-order valence-electron chi connectivity index (χ4n) is 3.40. The molecule has 2 fully saturated rings. The van der Waals surface area contributed by atoms with E-state index in [0.29, 0.717) is 24.3 Å². The van der Waals surface area contributed by atoms with Gasteiger partial charge in [0, 0.05) is 17.7 Å². The van der Waals surface area contributed by atoms with Crippen molar-refractivity contribution in [2.75, 3.05) is 19.7 Å². The van der Waals surface area contributed by atoms with Gasteiger partial charge in [0.2, 0.25) is 11.8 Å². The summed E-state index contributed by atoms with van der Waals surface area (Å²) in [5.41, 5.74) is 0.605. The number of aliphatic hydroxyl groups excluding tert-OH is 2. The van der Waals surface area contributed by atoms with Crippen LogP contribution in [0.15, 0.2) is 18.3 Å². The number of aryl methyl sites for hydroxylation is 1. The van der Waals surface area contributed by atoms with Gasteiger partial charge in [-0.3, -0.25) is 4.79 Å². The van der Waals surface area contributed by atoms with Gasteiger partial charge in [-0.2, -0.15) is 0 Å². The summed E-state index contributed by atoms with van der Waals surface area (Å²) in [6.07, 6.45) is -2.82. The third-order valence-corrected chi connectivity index (χ3v) is 5.19. The average Bonchev–Trinajstić information content (AvgIpc) is 3.19. The molecule has 3 rings (SSSR count). The number of aliphatic carboxylic acids is 2. The Bertz CT molecular complexity index is 787. The monoisotopic (exact) mass is 439 g/mol. The predicted octanol–water partition coefficient (Wildman–Crippen LogP) is -0.994. The fourth-order valence-corrected chi connectivity index (χ4v) is 3.40. The highest BCUT2D eigenvalue weighted by Gasteiger charge is 2.57. The van der Waals surface area contributed by atoms with Crippen molar-refractivity contribution < 1.29 is 39.5 Å². The lowest BCUT2D eigenvalue weighted by atomic mass is 10.1. The molecule has 0 radical (unpaired) electrons. The molecular formula is C20H29N3O8. The summed E-state index contributed by atoms with van der Waals surface area (Å²) in [6.45, 7) is 8.31. The number of nitrogens with zero attached hydrogens (tertiary/aromatic N) is 1. The van der Waals surface area contributed by atoms with Crippen molar-refractivity contribution in [3.05, 3.63) is 23.9 Å². The normalized spacial score (nSPS) is 23.5. The van der Waals surface area contributed by atoms with Gasteiger partial charge in [-0.05, 0) is 51.8 Å². The van der Waals surface area contributed by atoms with Crippen LogP contribution in [0.25, 0.3) is 0 Å². The van der Waals surface area contributed by atoms with Crippen LogP contribution in [0.5, 0.6) is 5.88 Å². The first-order chi connectivity index (χ1) is 14.4. The first-order valence-electron chi connectivity index (χ1n) is 9.83. The molecule has 0 bridgehead atoms. The Balaban J connectivity index is 0.000000291. The number of piperidine rings is 1. The highest BCUT2D eigenvalue weighted by Crippen LogP contribution is 2.48. The number of carbonyl (C=O) groups is 3. The molecule has 3 unspecified atom stereocenters. The van der Waals surface area contributed by atoms with Crippen LogP contribution in [0.4, 0.5) is 0 Å². The molecule has 31 heavy (non-hydrogen) atoms. The Hall–Kier alpha value is -2.76. The van der Waals surface area contributed by atoms with Gasteiger partial charge in [-0.1, -0.05) is 6.07 Å². The Morgan fingerprint density at radius 1 is 1.19 bits per heavy atom. The lowest BCUT2D eigenvalue weighted by Crippen LogP contribution is -2.49. The molecular weight excluding hydrogens is 410 g/mol. The van der Waals surface area contributed by atoms with Crippen molar-refractivity contribution in [2.45, 2.75) is 38.5 Å². The number of ether oxygens (including phenoxy) is 1. The van der Waals surface area contributed by atoms with Crippen molar-refractivity contribution in [3.63, 3.8) is 0 Å². The van der Waals surface area contributed by atoms with Crippen LogP contribution in [0, 0.1) is 24.7 Å². The Morgan fingerprint density at radius 2 is 1.74 bits per heavy atom. The van der Waals surface area contributed by atoms with Crippen LogP contribution in [0.3, 0.4) is 0 Å². The molecule has 0 aromatic carbocycles. The number of amides is 1. The molecule has 2 heterocycles. The number of aliphatic hydroxyl groups is 2. The Morgan fingerprint density at radius 3 is 2.23 bits per heavy atom. The molecule has 172 valence electrons. The molecule has 11 nitrogen and oxygen atoms in total. The van der Waals surface area contributed by atoms with Crippen LogP contribution < -0.4 is 15.4 Å². The Labute approximate surface area is 179 Å². The molecule has 1 saturated carbocycles. The molecule has 6 N–H and O–H groups in total. The smallest absolute Gasteiger partial charge is 0.335 e. The van der Waals surface area contributed by atoms with Gasteiger partial charge in [-0.15, -0.1) is 0 Å². The van der Waals surface area contributed by atoms with E-state index in [2.05, 4.69) is 15.6 Å². The molecule has 1 aromatic heterocycles. The number of fused-ring (bicyclic) bond motifs is 1. The number of nitrogens with one attached hydrogen (secondary N) is 2. The van der Waals surface area contributed by atoms with E-state index in [1.165, 1.54) is 0 Å². The number of rotatable bonds is 8. The molecule has 1 aliphatic heterocycles. The van der Waals surface area contributed by atoms with E-state index in [0.717, 1.165) is 18.7 Å². The lowest BCUT2D eigenvalue weighted by Gasteiger charge is -2.26. The van der Waals surface area contributed by atoms with Crippen LogP contribution in [-0.4, -0.2) is 80.7 Å². The first-order valence-corrected chi connectivity index (χ1v) is 9.83. The summed E-state index contributed by atoms with van der Waals surface area (Å²) < 4.78 is 5.76. The minimum absolute atomic E-state index is 0.165. The van der Waals surface area contributed by atoms with E-state index < -0.39 is 29.7 Å². The van der Waals surface area contributed by atoms with Crippen molar-refractivity contribution in [2.24, 2.45) is 17.8 Å². The highest BCUT2D eigenvalue weighted by molar-refractivity contribution is 5.83. The maximum Gasteiger partial charge on any atom is 0.335 e. The maximum absolute atomic E-state index is 12.3. The van der Waals surface area contributed by atoms with Gasteiger partial charge in [0.1, 0.15) is 6.61 Å². The highest BCUT2D eigenvalue weighted by atomic mass is 16.5. The summed E-state index contributed by atoms with van der Waals surface area (Å²) in [6, 6.07) is 3.85. The number of aromatic nitrogens is 1. The second-order valence-corrected chi connectivity index (χ2v) is 8.37.